The Morgan fingerprint density at radius 2 is 2.10 bits per heavy atom. The van der Waals surface area contributed by atoms with Crippen molar-refractivity contribution in [3.05, 3.63) is 0 Å². The lowest BCUT2D eigenvalue weighted by Gasteiger charge is -2.21. The first-order chi connectivity index (χ1) is 9.97. The fourth-order valence-corrected chi connectivity index (χ4v) is 3.30. The summed E-state index contributed by atoms with van der Waals surface area (Å²) in [7, 11) is 1.24. The quantitative estimate of drug-likeness (QED) is 0.604. The van der Waals surface area contributed by atoms with E-state index in [1.54, 1.807) is 11.8 Å². The van der Waals surface area contributed by atoms with E-state index in [-0.39, 0.29) is 18.9 Å². The summed E-state index contributed by atoms with van der Waals surface area (Å²) in [5, 5.41) is 14.7. The van der Waals surface area contributed by atoms with Crippen molar-refractivity contribution in [1.82, 2.24) is 10.6 Å². The van der Waals surface area contributed by atoms with Crippen molar-refractivity contribution < 1.29 is 24.2 Å². The number of hydrogen-bond donors (Lipinski definition) is 3. The molecule has 0 heterocycles. The molecule has 7 nitrogen and oxygen atoms in total. The van der Waals surface area contributed by atoms with Gasteiger partial charge < -0.3 is 20.5 Å². The summed E-state index contributed by atoms with van der Waals surface area (Å²) in [6, 6.07) is -1.54. The first-order valence-corrected chi connectivity index (χ1v) is 8.16. The summed E-state index contributed by atoms with van der Waals surface area (Å²) in [6.45, 7) is 0. The van der Waals surface area contributed by atoms with E-state index in [1.807, 2.05) is 6.26 Å². The highest BCUT2D eigenvalue weighted by Crippen LogP contribution is 2.28. The molecule has 0 spiro atoms. The largest absolute Gasteiger partial charge is 0.480 e. The third-order valence-electron chi connectivity index (χ3n) is 3.54. The van der Waals surface area contributed by atoms with Crippen LogP contribution < -0.4 is 10.6 Å². The summed E-state index contributed by atoms with van der Waals surface area (Å²) in [4.78, 5) is 34.0. The summed E-state index contributed by atoms with van der Waals surface area (Å²) in [5.74, 6) is -1.66. The number of rotatable bonds is 7. The number of nitrogens with one attached hydrogen (secondary N) is 2. The molecule has 0 radical (unpaired) electrons. The molecular weight excluding hydrogens is 296 g/mol. The van der Waals surface area contributed by atoms with Crippen molar-refractivity contribution in [2.75, 3.05) is 13.4 Å². The van der Waals surface area contributed by atoms with Crippen LogP contribution in [-0.4, -0.2) is 53.8 Å². The summed E-state index contributed by atoms with van der Waals surface area (Å²) < 4.78 is 4.46. The van der Waals surface area contributed by atoms with Crippen LogP contribution in [0.25, 0.3) is 0 Å². The van der Waals surface area contributed by atoms with E-state index in [4.69, 9.17) is 5.11 Å². The third-order valence-corrected chi connectivity index (χ3v) is 4.71. The van der Waals surface area contributed by atoms with Gasteiger partial charge >= 0.3 is 18.0 Å². The van der Waals surface area contributed by atoms with Crippen LogP contribution in [0.1, 0.15) is 32.1 Å². The van der Waals surface area contributed by atoms with Gasteiger partial charge in [0.15, 0.2) is 0 Å². The van der Waals surface area contributed by atoms with Crippen molar-refractivity contribution in [3.63, 3.8) is 0 Å². The predicted octanol–water partition coefficient (Wildman–Crippen LogP) is 0.976. The van der Waals surface area contributed by atoms with E-state index in [2.05, 4.69) is 15.4 Å². The zero-order chi connectivity index (χ0) is 15.8. The zero-order valence-corrected chi connectivity index (χ0v) is 13.1. The van der Waals surface area contributed by atoms with Gasteiger partial charge in [-0.3, -0.25) is 4.79 Å². The standard InChI is InChI=1S/C13H22N2O5S/c1-20-11(16)7-6-9(12(17)18)15-13(19)14-8-4-3-5-10(8)21-2/h8-10H,3-7H2,1-2H3,(H,17,18)(H2,14,15,19)/t8?,9-,10?/m1/s1. The first kappa shape index (κ1) is 17.6. The van der Waals surface area contributed by atoms with E-state index >= 15 is 0 Å². The molecule has 21 heavy (non-hydrogen) atoms. The van der Waals surface area contributed by atoms with Crippen LogP contribution in [0.2, 0.25) is 0 Å². The summed E-state index contributed by atoms with van der Waals surface area (Å²) >= 11 is 1.70. The highest BCUT2D eigenvalue weighted by atomic mass is 32.2. The fourth-order valence-electron chi connectivity index (χ4n) is 2.36. The number of methoxy groups -OCH3 is 1. The van der Waals surface area contributed by atoms with Gasteiger partial charge in [-0.05, 0) is 25.5 Å². The second kappa shape index (κ2) is 8.76. The average Bonchev–Trinajstić information content (AvgIpc) is 2.89. The number of aliphatic carboxylic acids is 1. The molecule has 0 bridgehead atoms. The minimum absolute atomic E-state index is 0.00600. The molecule has 0 aromatic heterocycles. The zero-order valence-electron chi connectivity index (χ0n) is 12.3. The molecule has 8 heteroatoms. The van der Waals surface area contributed by atoms with Crippen LogP contribution in [0.3, 0.4) is 0 Å². The lowest BCUT2D eigenvalue weighted by molar-refractivity contribution is -0.142. The monoisotopic (exact) mass is 318 g/mol. The van der Waals surface area contributed by atoms with E-state index in [0.717, 1.165) is 19.3 Å². The lowest BCUT2D eigenvalue weighted by Crippen LogP contribution is -2.50. The van der Waals surface area contributed by atoms with Crippen LogP contribution >= 0.6 is 11.8 Å². The van der Waals surface area contributed by atoms with E-state index in [1.165, 1.54) is 7.11 Å². The van der Waals surface area contributed by atoms with Gasteiger partial charge in [0.25, 0.3) is 0 Å². The minimum Gasteiger partial charge on any atom is -0.480 e. The Hall–Kier alpha value is -1.44. The molecular formula is C13H22N2O5S. The first-order valence-electron chi connectivity index (χ1n) is 6.87. The second-order valence-corrected chi connectivity index (χ2v) is 6.01. The van der Waals surface area contributed by atoms with Gasteiger partial charge in [0.05, 0.1) is 7.11 Å². The van der Waals surface area contributed by atoms with Crippen LogP contribution in [0.15, 0.2) is 0 Å². The van der Waals surface area contributed by atoms with Crippen LogP contribution in [-0.2, 0) is 14.3 Å². The van der Waals surface area contributed by atoms with Crippen LogP contribution in [0, 0.1) is 0 Å². The number of carbonyl (C=O) groups excluding carboxylic acids is 2. The highest BCUT2D eigenvalue weighted by Gasteiger charge is 2.29. The Morgan fingerprint density at radius 1 is 1.38 bits per heavy atom. The Morgan fingerprint density at radius 3 is 2.67 bits per heavy atom. The number of amides is 2. The van der Waals surface area contributed by atoms with Gasteiger partial charge in [-0.15, -0.1) is 0 Å². The molecule has 1 saturated carbocycles. The highest BCUT2D eigenvalue weighted by molar-refractivity contribution is 7.99. The molecule has 3 atom stereocenters. The Kier molecular flexibility index (Phi) is 7.35. The fraction of sp³-hybridized carbons (Fsp3) is 0.769. The smallest absolute Gasteiger partial charge is 0.326 e. The van der Waals surface area contributed by atoms with Gasteiger partial charge in [-0.1, -0.05) is 6.42 Å². The number of carboxylic acids is 1. The SMILES string of the molecule is COC(=O)CC[C@@H](NC(=O)NC1CCCC1SC)C(=O)O. The van der Waals surface area contributed by atoms with E-state index < -0.39 is 24.0 Å². The number of esters is 1. The molecule has 0 saturated heterocycles. The number of urea groups is 1. The molecule has 3 N–H and O–H groups in total. The topological polar surface area (TPSA) is 105 Å². The molecule has 1 fully saturated rings. The molecule has 1 rings (SSSR count). The van der Waals surface area contributed by atoms with Gasteiger partial charge in [0.1, 0.15) is 6.04 Å². The van der Waals surface area contributed by atoms with Crippen molar-refractivity contribution >= 4 is 29.7 Å². The summed E-state index contributed by atoms with van der Waals surface area (Å²) in [5.41, 5.74) is 0. The van der Waals surface area contributed by atoms with Crippen molar-refractivity contribution in [3.8, 4) is 0 Å². The molecule has 0 aliphatic heterocycles. The van der Waals surface area contributed by atoms with Crippen molar-refractivity contribution in [2.24, 2.45) is 0 Å². The maximum atomic E-state index is 11.9. The Bertz CT molecular complexity index is 391. The molecule has 2 unspecified atom stereocenters. The molecule has 2 amide bonds. The number of hydrogen-bond acceptors (Lipinski definition) is 5. The third kappa shape index (κ3) is 5.82. The maximum Gasteiger partial charge on any atom is 0.326 e. The minimum atomic E-state index is -1.16. The number of carbonyl (C=O) groups is 3. The maximum absolute atomic E-state index is 11.9. The van der Waals surface area contributed by atoms with Crippen molar-refractivity contribution in [1.29, 1.82) is 0 Å². The van der Waals surface area contributed by atoms with Crippen LogP contribution in [0.4, 0.5) is 4.79 Å². The van der Waals surface area contributed by atoms with Crippen molar-refractivity contribution in [2.45, 2.75) is 49.4 Å². The predicted molar refractivity (Wildman–Crippen MR) is 79.3 cm³/mol. The van der Waals surface area contributed by atoms with Crippen LogP contribution in [0.5, 0.6) is 0 Å². The van der Waals surface area contributed by atoms with Gasteiger partial charge in [-0.25, -0.2) is 9.59 Å². The molecule has 120 valence electrons. The van der Waals surface area contributed by atoms with E-state index in [9.17, 15) is 14.4 Å². The van der Waals surface area contributed by atoms with E-state index in [0.29, 0.717) is 5.25 Å². The molecule has 0 aromatic carbocycles. The Balaban J connectivity index is 2.45. The Labute approximate surface area is 128 Å². The summed E-state index contributed by atoms with van der Waals surface area (Å²) in [6.07, 6.45) is 4.96. The second-order valence-electron chi connectivity index (χ2n) is 4.93. The molecule has 1 aliphatic rings. The van der Waals surface area contributed by atoms with Gasteiger partial charge in [0.2, 0.25) is 0 Å². The number of carboxylic acid groups (broad SMARTS) is 1. The number of thioether (sulfide) groups is 1. The average molecular weight is 318 g/mol. The van der Waals surface area contributed by atoms with Gasteiger partial charge in [-0.2, -0.15) is 11.8 Å². The lowest BCUT2D eigenvalue weighted by atomic mass is 10.1. The number of ether oxygens (including phenoxy) is 1. The molecule has 1 aliphatic carbocycles. The van der Waals surface area contributed by atoms with Gasteiger partial charge in [0, 0.05) is 17.7 Å². The normalized spacial score (nSPS) is 22.4. The molecule has 0 aromatic rings.